The third kappa shape index (κ3) is 6.62. The number of rotatable bonds is 11. The van der Waals surface area contributed by atoms with Gasteiger partial charge in [-0.1, -0.05) is 31.5 Å². The van der Waals surface area contributed by atoms with Crippen molar-refractivity contribution in [3.63, 3.8) is 0 Å². The van der Waals surface area contributed by atoms with Crippen molar-refractivity contribution in [1.82, 2.24) is 14.7 Å². The molecule has 5 N–H and O–H groups in total. The number of carbonyl (C=O) groups excluding carboxylic acids is 2. The minimum absolute atomic E-state index is 0.132. The minimum Gasteiger partial charge on any atom is -0.480 e. The first kappa shape index (κ1) is 26.1. The molecule has 0 spiro atoms. The van der Waals surface area contributed by atoms with E-state index in [0.717, 1.165) is 5.52 Å². The van der Waals surface area contributed by atoms with E-state index in [-0.39, 0.29) is 24.5 Å². The predicted molar refractivity (Wildman–Crippen MR) is 136 cm³/mol. The molecular formula is C24H27N5O7S. The van der Waals surface area contributed by atoms with Crippen molar-refractivity contribution >= 4 is 50.5 Å². The average Bonchev–Trinajstić information content (AvgIpc) is 3.25. The normalized spacial score (nSPS) is 15.9. The van der Waals surface area contributed by atoms with Gasteiger partial charge < -0.3 is 20.1 Å². The summed E-state index contributed by atoms with van der Waals surface area (Å²) in [4.78, 5) is 44.0. The molecule has 196 valence electrons. The van der Waals surface area contributed by atoms with Crippen LogP contribution in [0.25, 0.3) is 11.0 Å². The fourth-order valence-electron chi connectivity index (χ4n) is 3.85. The summed E-state index contributed by atoms with van der Waals surface area (Å²) in [7, 11) is -3.75. The lowest BCUT2D eigenvalue weighted by Crippen LogP contribution is -2.43. The van der Waals surface area contributed by atoms with Gasteiger partial charge in [-0.05, 0) is 42.7 Å². The summed E-state index contributed by atoms with van der Waals surface area (Å²) in [6.45, 7) is 1.84. The average molecular weight is 530 g/mol. The van der Waals surface area contributed by atoms with Gasteiger partial charge in [-0.15, -0.1) is 0 Å². The highest BCUT2D eigenvalue weighted by Gasteiger charge is 2.31. The van der Waals surface area contributed by atoms with Crippen LogP contribution in [0.1, 0.15) is 31.7 Å². The number of hydrogen-bond acceptors (Lipinski definition) is 7. The maximum absolute atomic E-state index is 12.6. The SMILES string of the molecule is CCCCS(=O)(=O)NC(Cc1ccc2c(c1)NC(=O)C(CC(=O)Nc1nc3ccccc3[nH]1)O2)C(=O)O. The van der Waals surface area contributed by atoms with Gasteiger partial charge >= 0.3 is 5.97 Å². The lowest BCUT2D eigenvalue weighted by Gasteiger charge is -2.26. The van der Waals surface area contributed by atoms with Crippen LogP contribution in [-0.4, -0.2) is 59.2 Å². The Kier molecular flexibility index (Phi) is 7.74. The summed E-state index contributed by atoms with van der Waals surface area (Å²) < 4.78 is 32.3. The molecule has 0 saturated heterocycles. The number of aromatic amines is 1. The van der Waals surface area contributed by atoms with Gasteiger partial charge in [0.1, 0.15) is 11.8 Å². The second-order valence-electron chi connectivity index (χ2n) is 8.67. The number of H-pyrrole nitrogens is 1. The number of nitrogens with zero attached hydrogens (tertiary/aromatic N) is 1. The van der Waals surface area contributed by atoms with Gasteiger partial charge in [-0.3, -0.25) is 19.7 Å². The van der Waals surface area contributed by atoms with E-state index in [1.54, 1.807) is 18.2 Å². The fraction of sp³-hybridized carbons (Fsp3) is 0.333. The molecule has 1 aliphatic rings. The largest absolute Gasteiger partial charge is 0.480 e. The highest BCUT2D eigenvalue weighted by Crippen LogP contribution is 2.32. The maximum Gasteiger partial charge on any atom is 0.322 e. The van der Waals surface area contributed by atoms with Crippen LogP contribution in [0.15, 0.2) is 42.5 Å². The quantitative estimate of drug-likeness (QED) is 0.250. The first-order chi connectivity index (χ1) is 17.6. The molecule has 2 atom stereocenters. The van der Waals surface area contributed by atoms with E-state index in [9.17, 15) is 27.9 Å². The Labute approximate surface area is 212 Å². The van der Waals surface area contributed by atoms with Gasteiger partial charge in [-0.2, -0.15) is 0 Å². The molecule has 0 bridgehead atoms. The molecule has 37 heavy (non-hydrogen) atoms. The lowest BCUT2D eigenvalue weighted by atomic mass is 10.0. The highest BCUT2D eigenvalue weighted by molar-refractivity contribution is 7.89. The summed E-state index contributed by atoms with van der Waals surface area (Å²) in [5.74, 6) is -1.93. The molecule has 1 aliphatic heterocycles. The van der Waals surface area contributed by atoms with Crippen molar-refractivity contribution in [3.05, 3.63) is 48.0 Å². The van der Waals surface area contributed by atoms with Crippen molar-refractivity contribution in [2.24, 2.45) is 0 Å². The Bertz CT molecular complexity index is 1400. The van der Waals surface area contributed by atoms with Crippen molar-refractivity contribution in [1.29, 1.82) is 0 Å². The minimum atomic E-state index is -3.75. The van der Waals surface area contributed by atoms with Gasteiger partial charge in [0.05, 0.1) is 28.9 Å². The number of carbonyl (C=O) groups is 3. The van der Waals surface area contributed by atoms with Crippen LogP contribution < -0.4 is 20.1 Å². The maximum atomic E-state index is 12.6. The van der Waals surface area contributed by atoms with Crippen LogP contribution in [0.5, 0.6) is 5.75 Å². The molecular weight excluding hydrogens is 502 g/mol. The summed E-state index contributed by atoms with van der Waals surface area (Å²) in [6, 6.07) is 10.6. The number of nitrogens with one attached hydrogen (secondary N) is 4. The number of aliphatic carboxylic acids is 1. The molecule has 2 aromatic carbocycles. The molecule has 2 amide bonds. The van der Waals surface area contributed by atoms with Crippen LogP contribution in [0, 0.1) is 0 Å². The van der Waals surface area contributed by atoms with E-state index >= 15 is 0 Å². The number of amides is 2. The predicted octanol–water partition coefficient (Wildman–Crippen LogP) is 2.01. The van der Waals surface area contributed by atoms with E-state index in [1.165, 1.54) is 6.07 Å². The number of fused-ring (bicyclic) bond motifs is 2. The smallest absolute Gasteiger partial charge is 0.322 e. The van der Waals surface area contributed by atoms with E-state index in [4.69, 9.17) is 4.74 Å². The van der Waals surface area contributed by atoms with Gasteiger partial charge in [0.15, 0.2) is 6.10 Å². The van der Waals surface area contributed by atoms with Gasteiger partial charge in [0.25, 0.3) is 5.91 Å². The fourth-order valence-corrected chi connectivity index (χ4v) is 5.25. The van der Waals surface area contributed by atoms with Crippen LogP contribution in [-0.2, 0) is 30.8 Å². The van der Waals surface area contributed by atoms with Gasteiger partial charge in [0, 0.05) is 0 Å². The first-order valence-corrected chi connectivity index (χ1v) is 13.4. The van der Waals surface area contributed by atoms with E-state index in [1.807, 2.05) is 25.1 Å². The topological polar surface area (TPSA) is 180 Å². The van der Waals surface area contributed by atoms with Crippen molar-refractivity contribution < 1.29 is 32.6 Å². The van der Waals surface area contributed by atoms with Crippen LogP contribution in [0.4, 0.5) is 11.6 Å². The molecule has 0 saturated carbocycles. The monoisotopic (exact) mass is 529 g/mol. The summed E-state index contributed by atoms with van der Waals surface area (Å²) in [6.07, 6.45) is -0.398. The van der Waals surface area contributed by atoms with Gasteiger partial charge in [-0.25, -0.2) is 18.1 Å². The Hall–Kier alpha value is -3.97. The highest BCUT2D eigenvalue weighted by atomic mass is 32.2. The number of hydrogen-bond donors (Lipinski definition) is 5. The third-order valence-electron chi connectivity index (χ3n) is 5.71. The molecule has 2 heterocycles. The van der Waals surface area contributed by atoms with Crippen LogP contribution in [0.3, 0.4) is 0 Å². The van der Waals surface area contributed by atoms with Crippen LogP contribution in [0.2, 0.25) is 0 Å². The number of carboxylic acid groups (broad SMARTS) is 1. The Morgan fingerprint density at radius 2 is 2.00 bits per heavy atom. The number of aromatic nitrogens is 2. The second-order valence-corrected chi connectivity index (χ2v) is 10.5. The van der Waals surface area contributed by atoms with Crippen molar-refractivity contribution in [2.75, 3.05) is 16.4 Å². The van der Waals surface area contributed by atoms with E-state index in [2.05, 4.69) is 25.3 Å². The number of carboxylic acids is 1. The molecule has 1 aromatic heterocycles. The number of ether oxygens (including phenoxy) is 1. The first-order valence-electron chi connectivity index (χ1n) is 11.7. The molecule has 2 unspecified atom stereocenters. The number of para-hydroxylation sites is 2. The number of anilines is 2. The van der Waals surface area contributed by atoms with Gasteiger partial charge in [0.2, 0.25) is 21.9 Å². The number of unbranched alkanes of at least 4 members (excludes halogenated alkanes) is 1. The summed E-state index contributed by atoms with van der Waals surface area (Å²) in [5.41, 5.74) is 2.23. The Morgan fingerprint density at radius 3 is 2.73 bits per heavy atom. The molecule has 0 radical (unpaired) electrons. The second kappa shape index (κ2) is 11.0. The van der Waals surface area contributed by atoms with Crippen molar-refractivity contribution in [3.8, 4) is 5.75 Å². The zero-order chi connectivity index (χ0) is 26.6. The summed E-state index contributed by atoms with van der Waals surface area (Å²) in [5, 5.41) is 14.8. The molecule has 12 nitrogen and oxygen atoms in total. The third-order valence-corrected chi connectivity index (χ3v) is 7.18. The lowest BCUT2D eigenvalue weighted by molar-refractivity contribution is -0.139. The van der Waals surface area contributed by atoms with E-state index < -0.39 is 40.0 Å². The van der Waals surface area contributed by atoms with Crippen molar-refractivity contribution in [2.45, 2.75) is 44.8 Å². The zero-order valence-electron chi connectivity index (χ0n) is 20.0. The van der Waals surface area contributed by atoms with Crippen LogP contribution >= 0.6 is 0 Å². The molecule has 0 aliphatic carbocycles. The Morgan fingerprint density at radius 1 is 1.22 bits per heavy atom. The molecule has 3 aromatic rings. The number of imidazole rings is 1. The standard InChI is InChI=1S/C24H27N5O7S/c1-2-3-10-37(34,35)29-18(23(32)33)12-14-8-9-19-17(11-14)25-22(31)20(36-19)13-21(30)28-24-26-15-6-4-5-7-16(15)27-24/h4-9,11,18,20,29H,2-3,10,12-13H2,1H3,(H,25,31)(H,32,33)(H2,26,27,28,30). The molecule has 0 fully saturated rings. The molecule has 4 rings (SSSR count). The van der Waals surface area contributed by atoms with E-state index in [0.29, 0.717) is 35.4 Å². The molecule has 13 heteroatoms. The summed E-state index contributed by atoms with van der Waals surface area (Å²) >= 11 is 0. The number of benzene rings is 2. The Balaban J connectivity index is 1.39. The zero-order valence-corrected chi connectivity index (χ0v) is 20.8. The number of sulfonamides is 1.